The summed E-state index contributed by atoms with van der Waals surface area (Å²) < 4.78 is 5.45. The van der Waals surface area contributed by atoms with Crippen molar-refractivity contribution in [3.05, 3.63) is 48.0 Å². The molecule has 0 bridgehead atoms. The maximum atomic E-state index is 12.6. The summed E-state index contributed by atoms with van der Waals surface area (Å²) in [4.78, 5) is 37.3. The molecule has 2 amide bonds. The fraction of sp³-hybridized carbons (Fsp3) is 0.522. The zero-order valence-electron chi connectivity index (χ0n) is 17.7. The summed E-state index contributed by atoms with van der Waals surface area (Å²) in [7, 11) is 0. The molecule has 0 aromatic heterocycles. The number of amides is 2. The van der Waals surface area contributed by atoms with E-state index in [-0.39, 0.29) is 55.4 Å². The minimum absolute atomic E-state index is 0.0282. The van der Waals surface area contributed by atoms with Gasteiger partial charge in [-0.05, 0) is 38.7 Å². The van der Waals surface area contributed by atoms with E-state index in [1.54, 1.807) is 13.8 Å². The first kappa shape index (κ1) is 23.6. The highest BCUT2D eigenvalue weighted by molar-refractivity contribution is 5.86. The number of cyclic esters (lactones) is 1. The molecule has 0 fully saturated rings. The number of allylic oxidation sites excluding steroid dienone is 2. The van der Waals surface area contributed by atoms with Gasteiger partial charge < -0.3 is 20.5 Å². The first-order valence-corrected chi connectivity index (χ1v) is 10.4. The van der Waals surface area contributed by atoms with E-state index in [9.17, 15) is 14.4 Å². The predicted octanol–water partition coefficient (Wildman–Crippen LogP) is 1.75. The molecule has 3 N–H and O–H groups in total. The van der Waals surface area contributed by atoms with Crippen molar-refractivity contribution in [2.75, 3.05) is 13.2 Å². The highest BCUT2D eigenvalue weighted by Crippen LogP contribution is 2.18. The number of esters is 1. The van der Waals surface area contributed by atoms with Gasteiger partial charge in [-0.25, -0.2) is 0 Å². The molecule has 1 aromatic carbocycles. The Morgan fingerprint density at radius 2 is 1.87 bits per heavy atom. The predicted molar refractivity (Wildman–Crippen MR) is 113 cm³/mol. The summed E-state index contributed by atoms with van der Waals surface area (Å²) in [5, 5.41) is 14.6. The van der Waals surface area contributed by atoms with Gasteiger partial charge in [-0.3, -0.25) is 14.4 Å². The molecule has 30 heavy (non-hydrogen) atoms. The van der Waals surface area contributed by atoms with Gasteiger partial charge in [0.2, 0.25) is 11.8 Å². The van der Waals surface area contributed by atoms with Gasteiger partial charge in [-0.15, -0.1) is 0 Å². The SMILES string of the molecule is C[C@H](CO)NC(=O)C[C@H]1CC=CC[C@@H](Cc2ccccc2)C(=O)OC[C@H](C)NC1=O. The quantitative estimate of drug-likeness (QED) is 0.484. The Morgan fingerprint density at radius 3 is 2.53 bits per heavy atom. The number of carbonyl (C=O) groups excluding carboxylic acids is 3. The lowest BCUT2D eigenvalue weighted by atomic mass is 9.94. The first-order chi connectivity index (χ1) is 14.4. The molecule has 7 heteroatoms. The van der Waals surface area contributed by atoms with Crippen LogP contribution in [0.5, 0.6) is 0 Å². The maximum Gasteiger partial charge on any atom is 0.309 e. The van der Waals surface area contributed by atoms with Crippen LogP contribution in [0, 0.1) is 11.8 Å². The molecule has 1 heterocycles. The van der Waals surface area contributed by atoms with Crippen LogP contribution in [0.25, 0.3) is 0 Å². The number of hydrogen-bond acceptors (Lipinski definition) is 5. The third-order valence-corrected chi connectivity index (χ3v) is 5.01. The van der Waals surface area contributed by atoms with Gasteiger partial charge in [0.1, 0.15) is 6.61 Å². The number of nitrogens with one attached hydrogen (secondary N) is 2. The number of hydrogen-bond donors (Lipinski definition) is 3. The minimum atomic E-state index is -0.530. The molecule has 0 aliphatic carbocycles. The van der Waals surface area contributed by atoms with Crippen LogP contribution >= 0.6 is 0 Å². The number of benzene rings is 1. The molecule has 1 aromatic rings. The molecule has 4 atom stereocenters. The summed E-state index contributed by atoms with van der Waals surface area (Å²) in [6.07, 6.45) is 5.24. The lowest BCUT2D eigenvalue weighted by Crippen LogP contribution is -2.43. The number of ether oxygens (including phenoxy) is 1. The Morgan fingerprint density at radius 1 is 1.20 bits per heavy atom. The monoisotopic (exact) mass is 416 g/mol. The Bertz CT molecular complexity index is 734. The number of carbonyl (C=O) groups is 3. The molecule has 0 unspecified atom stereocenters. The van der Waals surface area contributed by atoms with Crippen LogP contribution in [-0.2, 0) is 25.5 Å². The van der Waals surface area contributed by atoms with Gasteiger partial charge in [0.15, 0.2) is 0 Å². The summed E-state index contributed by atoms with van der Waals surface area (Å²) in [5.74, 6) is -1.65. The van der Waals surface area contributed by atoms with E-state index in [0.29, 0.717) is 19.3 Å². The van der Waals surface area contributed by atoms with Crippen LogP contribution < -0.4 is 10.6 Å². The average Bonchev–Trinajstić information content (AvgIpc) is 2.73. The van der Waals surface area contributed by atoms with E-state index in [4.69, 9.17) is 9.84 Å². The van der Waals surface area contributed by atoms with Crippen LogP contribution in [0.2, 0.25) is 0 Å². The summed E-state index contributed by atoms with van der Waals surface area (Å²) >= 11 is 0. The van der Waals surface area contributed by atoms with Crippen molar-refractivity contribution < 1.29 is 24.2 Å². The zero-order chi connectivity index (χ0) is 21.9. The van der Waals surface area contributed by atoms with Gasteiger partial charge in [0.25, 0.3) is 0 Å². The van der Waals surface area contributed by atoms with E-state index in [1.165, 1.54) is 0 Å². The normalized spacial score (nSPS) is 24.0. The molecule has 0 radical (unpaired) electrons. The van der Waals surface area contributed by atoms with E-state index in [2.05, 4.69) is 10.6 Å². The lowest BCUT2D eigenvalue weighted by molar-refractivity contribution is -0.149. The summed E-state index contributed by atoms with van der Waals surface area (Å²) in [6.45, 7) is 3.39. The highest BCUT2D eigenvalue weighted by atomic mass is 16.5. The average molecular weight is 417 g/mol. The standard InChI is InChI=1S/C23H32N2O5/c1-16(14-26)24-21(27)13-19-10-6-7-11-20(12-18-8-4-3-5-9-18)23(29)30-15-17(2)25-22(19)28/h3-9,16-17,19-20,26H,10-15H2,1-2H3,(H,24,27)(H,25,28)/t16-,17+,19-,20+/m1/s1. The largest absolute Gasteiger partial charge is 0.463 e. The van der Waals surface area contributed by atoms with Crippen LogP contribution in [0.1, 0.15) is 38.7 Å². The van der Waals surface area contributed by atoms with Crippen LogP contribution in [0.15, 0.2) is 42.5 Å². The second kappa shape index (κ2) is 12.1. The van der Waals surface area contributed by atoms with Crippen molar-refractivity contribution in [2.24, 2.45) is 11.8 Å². The second-order valence-electron chi connectivity index (χ2n) is 7.92. The minimum Gasteiger partial charge on any atom is -0.463 e. The zero-order valence-corrected chi connectivity index (χ0v) is 17.7. The van der Waals surface area contributed by atoms with Crippen molar-refractivity contribution in [2.45, 2.75) is 51.6 Å². The first-order valence-electron chi connectivity index (χ1n) is 10.4. The van der Waals surface area contributed by atoms with Crippen LogP contribution in [0.3, 0.4) is 0 Å². The van der Waals surface area contributed by atoms with E-state index in [1.807, 2.05) is 42.5 Å². The molecule has 1 aliphatic heterocycles. The van der Waals surface area contributed by atoms with Crippen molar-refractivity contribution in [3.63, 3.8) is 0 Å². The molecule has 0 spiro atoms. The van der Waals surface area contributed by atoms with E-state index in [0.717, 1.165) is 5.56 Å². The van der Waals surface area contributed by atoms with Crippen molar-refractivity contribution in [1.29, 1.82) is 0 Å². The second-order valence-corrected chi connectivity index (χ2v) is 7.92. The van der Waals surface area contributed by atoms with Gasteiger partial charge in [-0.2, -0.15) is 0 Å². The smallest absolute Gasteiger partial charge is 0.309 e. The van der Waals surface area contributed by atoms with E-state index >= 15 is 0 Å². The number of rotatable bonds is 6. The third-order valence-electron chi connectivity index (χ3n) is 5.01. The fourth-order valence-corrected chi connectivity index (χ4v) is 3.30. The molecule has 1 aliphatic rings. The molecule has 0 saturated carbocycles. The van der Waals surface area contributed by atoms with Gasteiger partial charge in [0.05, 0.1) is 24.5 Å². The molecule has 7 nitrogen and oxygen atoms in total. The number of aliphatic hydroxyl groups excluding tert-OH is 1. The summed E-state index contributed by atoms with van der Waals surface area (Å²) in [6, 6.07) is 9.07. The maximum absolute atomic E-state index is 12.6. The van der Waals surface area contributed by atoms with E-state index < -0.39 is 5.92 Å². The van der Waals surface area contributed by atoms with Crippen LogP contribution in [-0.4, -0.2) is 48.2 Å². The Labute approximate surface area is 177 Å². The van der Waals surface area contributed by atoms with Gasteiger partial charge in [0, 0.05) is 12.5 Å². The highest BCUT2D eigenvalue weighted by Gasteiger charge is 2.25. The molecule has 164 valence electrons. The van der Waals surface area contributed by atoms with Crippen molar-refractivity contribution >= 4 is 17.8 Å². The topological polar surface area (TPSA) is 105 Å². The van der Waals surface area contributed by atoms with Gasteiger partial charge in [-0.1, -0.05) is 42.5 Å². The molecular formula is C23H32N2O5. The molecule has 0 saturated heterocycles. The Kier molecular flexibility index (Phi) is 9.54. The third kappa shape index (κ3) is 7.99. The fourth-order valence-electron chi connectivity index (χ4n) is 3.30. The van der Waals surface area contributed by atoms with Crippen LogP contribution in [0.4, 0.5) is 0 Å². The lowest BCUT2D eigenvalue weighted by Gasteiger charge is -2.22. The summed E-state index contributed by atoms with van der Waals surface area (Å²) in [5.41, 5.74) is 1.06. The Balaban J connectivity index is 2.08. The van der Waals surface area contributed by atoms with Gasteiger partial charge >= 0.3 is 5.97 Å². The molecule has 2 rings (SSSR count). The number of aliphatic hydroxyl groups is 1. The molecular weight excluding hydrogens is 384 g/mol. The van der Waals surface area contributed by atoms with Crippen molar-refractivity contribution in [1.82, 2.24) is 10.6 Å². The van der Waals surface area contributed by atoms with Crippen molar-refractivity contribution in [3.8, 4) is 0 Å². The Hall–Kier alpha value is -2.67.